The summed E-state index contributed by atoms with van der Waals surface area (Å²) in [6.45, 7) is 4.59. The summed E-state index contributed by atoms with van der Waals surface area (Å²) in [5, 5.41) is 22.9. The second-order valence-corrected chi connectivity index (χ2v) is 8.65. The molecule has 6 nitrogen and oxygen atoms in total. The van der Waals surface area contributed by atoms with E-state index in [0.717, 1.165) is 29.9 Å². The zero-order chi connectivity index (χ0) is 19.1. The van der Waals surface area contributed by atoms with Crippen LogP contribution in [0.15, 0.2) is 22.7 Å². The van der Waals surface area contributed by atoms with Crippen molar-refractivity contribution in [3.63, 3.8) is 0 Å². The van der Waals surface area contributed by atoms with Crippen molar-refractivity contribution in [3.05, 3.63) is 33.3 Å². The number of nitrogens with zero attached hydrogens (tertiary/aromatic N) is 2. The van der Waals surface area contributed by atoms with Crippen molar-refractivity contribution in [2.75, 3.05) is 23.3 Å². The Morgan fingerprint density at radius 3 is 3.00 bits per heavy atom. The molecule has 26 heavy (non-hydrogen) atoms. The number of hydrogen-bond donors (Lipinski definition) is 4. The topological polar surface area (TPSA) is 88.4 Å². The van der Waals surface area contributed by atoms with Crippen molar-refractivity contribution < 1.29 is 9.90 Å². The first kappa shape index (κ1) is 19.2. The molecule has 0 aromatic heterocycles. The van der Waals surface area contributed by atoms with Crippen molar-refractivity contribution in [1.29, 1.82) is 5.26 Å². The number of carboxylic acid groups (broad SMARTS) is 1. The van der Waals surface area contributed by atoms with Gasteiger partial charge in [-0.1, -0.05) is 11.6 Å². The van der Waals surface area contributed by atoms with E-state index in [1.807, 2.05) is 6.07 Å². The van der Waals surface area contributed by atoms with Gasteiger partial charge in [0.05, 0.1) is 27.1 Å². The van der Waals surface area contributed by atoms with E-state index in [-0.39, 0.29) is 5.37 Å². The fourth-order valence-corrected chi connectivity index (χ4v) is 4.47. The van der Waals surface area contributed by atoms with Crippen molar-refractivity contribution in [3.8, 4) is 6.07 Å². The number of anilines is 2. The summed E-state index contributed by atoms with van der Waals surface area (Å²) >= 11 is 12.1. The lowest BCUT2D eigenvalue weighted by Gasteiger charge is -2.28. The maximum Gasteiger partial charge on any atom is 0.310 e. The zero-order valence-electron chi connectivity index (χ0n) is 14.3. The fraction of sp³-hybridized carbons (Fsp3) is 0.412. The van der Waals surface area contributed by atoms with Crippen LogP contribution in [0.5, 0.6) is 0 Å². The first-order chi connectivity index (χ1) is 12.2. The molecule has 1 aromatic rings. The van der Waals surface area contributed by atoms with Gasteiger partial charge in [0.25, 0.3) is 0 Å². The van der Waals surface area contributed by atoms with Gasteiger partial charge in [0.2, 0.25) is 0 Å². The number of hydrogen-bond acceptors (Lipinski definition) is 7. The maximum atomic E-state index is 11.5. The molecule has 0 spiro atoms. The summed E-state index contributed by atoms with van der Waals surface area (Å²) < 4.78 is 3.03. The molecule has 0 aliphatic carbocycles. The van der Waals surface area contributed by atoms with Crippen LogP contribution in [-0.2, 0) is 11.2 Å². The monoisotopic (exact) mass is 410 g/mol. The molecule has 0 radical (unpaired) electrons. The third-order valence-electron chi connectivity index (χ3n) is 4.52. The first-order valence-corrected chi connectivity index (χ1v) is 9.77. The summed E-state index contributed by atoms with van der Waals surface area (Å²) in [5.41, 5.74) is 2.44. The number of aliphatic carboxylic acids is 1. The van der Waals surface area contributed by atoms with Crippen molar-refractivity contribution in [2.45, 2.75) is 25.6 Å². The number of carbonyl (C=O) groups is 1. The van der Waals surface area contributed by atoms with Crippen LogP contribution in [0.3, 0.4) is 0 Å². The molecule has 2 aliphatic heterocycles. The van der Waals surface area contributed by atoms with Crippen LogP contribution < -0.4 is 14.9 Å². The predicted molar refractivity (Wildman–Crippen MR) is 109 cm³/mol. The molecule has 0 saturated heterocycles. The van der Waals surface area contributed by atoms with Gasteiger partial charge in [0, 0.05) is 24.3 Å². The third-order valence-corrected chi connectivity index (χ3v) is 6.28. The summed E-state index contributed by atoms with van der Waals surface area (Å²) in [5.74, 6) is -0.824. The molecule has 3 rings (SSSR count). The molecule has 1 aromatic carbocycles. The summed E-state index contributed by atoms with van der Waals surface area (Å²) in [6, 6.07) is 5.89. The van der Waals surface area contributed by atoms with Gasteiger partial charge in [-0.25, -0.2) is 4.72 Å². The lowest BCUT2D eigenvalue weighted by molar-refractivity contribution is -0.146. The molecule has 3 N–H and O–H groups in total. The Morgan fingerprint density at radius 2 is 2.35 bits per heavy atom. The van der Waals surface area contributed by atoms with Crippen LogP contribution in [0.2, 0.25) is 5.02 Å². The highest BCUT2D eigenvalue weighted by Gasteiger charge is 2.34. The van der Waals surface area contributed by atoms with E-state index in [9.17, 15) is 15.2 Å². The second kappa shape index (κ2) is 7.24. The highest BCUT2D eigenvalue weighted by atomic mass is 35.5. The lowest BCUT2D eigenvalue weighted by atomic mass is 9.93. The normalized spacial score (nSPS) is 19.5. The Morgan fingerprint density at radius 1 is 1.62 bits per heavy atom. The Bertz CT molecular complexity index is 835. The van der Waals surface area contributed by atoms with Gasteiger partial charge in [-0.15, -0.1) is 0 Å². The van der Waals surface area contributed by atoms with Crippen molar-refractivity contribution in [2.24, 2.45) is 5.41 Å². The van der Waals surface area contributed by atoms with Gasteiger partial charge in [-0.05, 0) is 44.3 Å². The molecular weight excluding hydrogens is 392 g/mol. The van der Waals surface area contributed by atoms with Gasteiger partial charge in [-0.3, -0.25) is 4.79 Å². The van der Waals surface area contributed by atoms with Gasteiger partial charge >= 0.3 is 5.97 Å². The van der Waals surface area contributed by atoms with E-state index in [0.29, 0.717) is 22.2 Å². The Balaban J connectivity index is 1.92. The number of carboxylic acids is 1. The number of fused-ring (bicyclic) bond motifs is 1. The van der Waals surface area contributed by atoms with Gasteiger partial charge < -0.3 is 15.3 Å². The highest BCUT2D eigenvalue weighted by molar-refractivity contribution is 8.02. The Hall–Kier alpha value is -1.53. The van der Waals surface area contributed by atoms with Crippen LogP contribution >= 0.6 is 36.2 Å². The average Bonchev–Trinajstić information content (AvgIpc) is 3.13. The SMILES string of the molecule is CC(C)(CN1CCc2c1ccc(Cl)c2NC1=C(C#N)C(S)NS1)C(=O)O. The molecular formula is C17H19ClN4O2S2. The molecule has 1 unspecified atom stereocenters. The van der Waals surface area contributed by atoms with Crippen LogP contribution in [-0.4, -0.2) is 29.5 Å². The summed E-state index contributed by atoms with van der Waals surface area (Å²) in [7, 11) is 0. The number of halogens is 1. The largest absolute Gasteiger partial charge is 0.481 e. The summed E-state index contributed by atoms with van der Waals surface area (Å²) in [4.78, 5) is 13.5. The van der Waals surface area contributed by atoms with Gasteiger partial charge in [0.1, 0.15) is 11.1 Å². The molecule has 0 amide bonds. The quantitative estimate of drug-likeness (QED) is 0.436. The smallest absolute Gasteiger partial charge is 0.310 e. The highest BCUT2D eigenvalue weighted by Crippen LogP contribution is 2.42. The molecule has 2 aliphatic rings. The Kier molecular flexibility index (Phi) is 5.35. The molecule has 138 valence electrons. The second-order valence-electron chi connectivity index (χ2n) is 6.88. The Labute approximate surface area is 167 Å². The minimum Gasteiger partial charge on any atom is -0.481 e. The van der Waals surface area contributed by atoms with Crippen LogP contribution in [0.25, 0.3) is 0 Å². The lowest BCUT2D eigenvalue weighted by Crippen LogP contribution is -2.38. The first-order valence-electron chi connectivity index (χ1n) is 8.06. The number of nitriles is 1. The van der Waals surface area contributed by atoms with E-state index < -0.39 is 11.4 Å². The van der Waals surface area contributed by atoms with E-state index in [1.54, 1.807) is 19.9 Å². The van der Waals surface area contributed by atoms with E-state index in [1.165, 1.54) is 11.9 Å². The number of rotatable bonds is 5. The molecule has 0 saturated carbocycles. The predicted octanol–water partition coefficient (Wildman–Crippen LogP) is 3.47. The zero-order valence-corrected chi connectivity index (χ0v) is 16.8. The van der Waals surface area contributed by atoms with Crippen LogP contribution in [0.1, 0.15) is 19.4 Å². The minimum absolute atomic E-state index is 0.323. The van der Waals surface area contributed by atoms with Gasteiger partial charge in [0.15, 0.2) is 0 Å². The molecule has 9 heteroatoms. The third kappa shape index (κ3) is 3.49. The average molecular weight is 411 g/mol. The van der Waals surface area contributed by atoms with Gasteiger partial charge in [-0.2, -0.15) is 17.9 Å². The standard InChI is InChI=1S/C17H19ClN4O2S2/c1-17(2,16(23)24)8-22-6-5-9-12(22)4-3-11(18)13(9)20-15-10(7-19)14(25)21-26-15/h3-4,14,20-21,25H,5-6,8H2,1-2H3,(H,23,24). The molecule has 0 bridgehead atoms. The van der Waals surface area contributed by atoms with E-state index in [2.05, 4.69) is 33.6 Å². The number of nitrogens with one attached hydrogen (secondary N) is 2. The van der Waals surface area contributed by atoms with E-state index in [4.69, 9.17) is 11.6 Å². The van der Waals surface area contributed by atoms with Crippen molar-refractivity contribution in [1.82, 2.24) is 4.72 Å². The molecule has 2 heterocycles. The van der Waals surface area contributed by atoms with Crippen molar-refractivity contribution >= 4 is 53.5 Å². The number of benzene rings is 1. The van der Waals surface area contributed by atoms with Crippen LogP contribution in [0, 0.1) is 16.7 Å². The fourth-order valence-electron chi connectivity index (χ4n) is 3.04. The molecule has 0 fully saturated rings. The molecule has 1 atom stereocenters. The van der Waals surface area contributed by atoms with Crippen LogP contribution in [0.4, 0.5) is 11.4 Å². The van der Waals surface area contributed by atoms with E-state index >= 15 is 0 Å². The number of thiol groups is 1. The minimum atomic E-state index is -0.851. The summed E-state index contributed by atoms with van der Waals surface area (Å²) in [6.07, 6.45) is 0.755. The maximum absolute atomic E-state index is 11.5.